The largest absolute Gasteiger partial charge is 1.00 e. The van der Waals surface area contributed by atoms with Gasteiger partial charge in [-0.1, -0.05) is 19.6 Å². The Labute approximate surface area is 114 Å². The van der Waals surface area contributed by atoms with Crippen molar-refractivity contribution < 1.29 is 43.4 Å². The van der Waals surface area contributed by atoms with Crippen LogP contribution in [0.2, 0.25) is 25.7 Å². The van der Waals surface area contributed by atoms with Gasteiger partial charge in [0.25, 0.3) is 0 Å². The molecule has 0 aliphatic heterocycles. The molecule has 94 valence electrons. The molecular weight excluding hydrogens is 237 g/mol. The van der Waals surface area contributed by atoms with Crippen LogP contribution in [0.15, 0.2) is 0 Å². The Balaban J connectivity index is 0. The molecule has 6 nitrogen and oxygen atoms in total. The fourth-order valence-corrected chi connectivity index (χ4v) is 1.53. The van der Waals surface area contributed by atoms with Crippen LogP contribution in [0.3, 0.4) is 0 Å². The quantitative estimate of drug-likeness (QED) is 0.474. The molecule has 0 spiro atoms. The topological polar surface area (TPSA) is 98.7 Å². The van der Waals surface area contributed by atoms with E-state index in [4.69, 9.17) is 9.84 Å². The molecule has 0 aromatic carbocycles. The van der Waals surface area contributed by atoms with Crippen molar-refractivity contribution in [2.75, 3.05) is 13.2 Å². The molecule has 0 unspecified atom stereocenters. The first-order valence-electron chi connectivity index (χ1n) is 5.01. The van der Waals surface area contributed by atoms with E-state index in [1.165, 1.54) is 0 Å². The molecule has 0 aliphatic rings. The van der Waals surface area contributed by atoms with E-state index < -0.39 is 32.8 Å². The van der Waals surface area contributed by atoms with Gasteiger partial charge in [-0.2, -0.15) is 0 Å². The summed E-state index contributed by atoms with van der Waals surface area (Å²) in [6.07, 6.45) is -0.846. The van der Waals surface area contributed by atoms with Crippen molar-refractivity contribution >= 4 is 20.1 Å². The molecule has 17 heavy (non-hydrogen) atoms. The molecule has 0 saturated carbocycles. The van der Waals surface area contributed by atoms with Crippen molar-refractivity contribution in [2.45, 2.75) is 31.7 Å². The second-order valence-corrected chi connectivity index (χ2v) is 10.3. The molecule has 0 radical (unpaired) electrons. The van der Waals surface area contributed by atoms with E-state index >= 15 is 0 Å². The maximum absolute atomic E-state index is 11.1. The van der Waals surface area contributed by atoms with Crippen LogP contribution in [0.5, 0.6) is 0 Å². The van der Waals surface area contributed by atoms with Crippen LogP contribution in [-0.4, -0.2) is 44.5 Å². The first-order chi connectivity index (χ1) is 7.26. The summed E-state index contributed by atoms with van der Waals surface area (Å²) in [5, 5.41) is 21.0. The summed E-state index contributed by atoms with van der Waals surface area (Å²) >= 11 is 0. The Bertz CT molecular complexity index is 256. The van der Waals surface area contributed by atoms with E-state index in [-0.39, 0.29) is 25.5 Å². The predicted molar refractivity (Wildman–Crippen MR) is 58.5 cm³/mol. The van der Waals surface area contributed by atoms with Crippen molar-refractivity contribution in [3.63, 3.8) is 0 Å². The summed E-state index contributed by atoms with van der Waals surface area (Å²) in [5.74, 6) is -1.54. The molecule has 1 amide bonds. The molecule has 2 N–H and O–H groups in total. The number of aliphatic carboxylic acids is 1. The number of nitrogens with one attached hydrogen (secondary N) is 1. The third-order valence-electron chi connectivity index (χ3n) is 1.84. The molecule has 0 aromatic heterocycles. The van der Waals surface area contributed by atoms with Gasteiger partial charge in [0.1, 0.15) is 0 Å². The standard InChI is InChI=1S/C9H19NO5Si.Li/c1-16(2,3)5-4-15-9(14)10-7(6-11)8(12)13;/h7,11H,4-6H2,1-3H3,(H,10,14)(H,12,13);/q;+1/p-1/t7-;/m0./s1. The molecule has 0 aromatic rings. The molecular formula is C9H18LiNO5Si. The van der Waals surface area contributed by atoms with Crippen LogP contribution in [0.25, 0.3) is 0 Å². The fourth-order valence-electron chi connectivity index (χ4n) is 0.813. The summed E-state index contributed by atoms with van der Waals surface area (Å²) < 4.78 is 4.78. The Morgan fingerprint density at radius 2 is 1.94 bits per heavy atom. The smallest absolute Gasteiger partial charge is 0.548 e. The van der Waals surface area contributed by atoms with Crippen LogP contribution in [0.1, 0.15) is 0 Å². The number of carboxylic acid groups (broad SMARTS) is 1. The third kappa shape index (κ3) is 10.4. The molecule has 0 heterocycles. The Kier molecular flexibility index (Phi) is 9.53. The number of carboxylic acids is 1. The van der Waals surface area contributed by atoms with E-state index in [9.17, 15) is 14.7 Å². The average Bonchev–Trinajstić information content (AvgIpc) is 2.11. The van der Waals surface area contributed by atoms with Gasteiger partial charge in [-0.05, 0) is 6.04 Å². The van der Waals surface area contributed by atoms with Crippen molar-refractivity contribution in [2.24, 2.45) is 0 Å². The number of aliphatic hydroxyl groups is 1. The second kappa shape index (κ2) is 8.58. The van der Waals surface area contributed by atoms with Crippen LogP contribution < -0.4 is 29.3 Å². The number of rotatable bonds is 6. The Hall–Kier alpha value is -0.486. The summed E-state index contributed by atoms with van der Waals surface area (Å²) in [5.41, 5.74) is 0. The van der Waals surface area contributed by atoms with Gasteiger partial charge in [-0.3, -0.25) is 0 Å². The van der Waals surface area contributed by atoms with Gasteiger partial charge in [0.2, 0.25) is 0 Å². The molecule has 0 saturated heterocycles. The Morgan fingerprint density at radius 1 is 1.41 bits per heavy atom. The molecule has 8 heteroatoms. The maximum Gasteiger partial charge on any atom is 1.00 e. The van der Waals surface area contributed by atoms with E-state index in [2.05, 4.69) is 19.6 Å². The second-order valence-electron chi connectivity index (χ2n) is 4.65. The number of hydrogen-bond acceptors (Lipinski definition) is 5. The van der Waals surface area contributed by atoms with Crippen molar-refractivity contribution in [1.29, 1.82) is 0 Å². The summed E-state index contributed by atoms with van der Waals surface area (Å²) in [7, 11) is -1.28. The minimum Gasteiger partial charge on any atom is -0.548 e. The number of hydrogen-bond donors (Lipinski definition) is 2. The molecule has 0 fully saturated rings. The van der Waals surface area contributed by atoms with E-state index in [1.54, 1.807) is 0 Å². The molecule has 0 bridgehead atoms. The zero-order valence-electron chi connectivity index (χ0n) is 10.8. The summed E-state index contributed by atoms with van der Waals surface area (Å²) in [6, 6.07) is -0.616. The molecule has 1 atom stereocenters. The van der Waals surface area contributed by atoms with Gasteiger partial charge < -0.3 is 25.1 Å². The molecule has 0 aliphatic carbocycles. The zero-order chi connectivity index (χ0) is 12.8. The number of carbonyl (C=O) groups excluding carboxylic acids is 2. The number of amides is 1. The summed E-state index contributed by atoms with van der Waals surface area (Å²) in [4.78, 5) is 21.4. The van der Waals surface area contributed by atoms with Gasteiger partial charge >= 0.3 is 25.0 Å². The number of aliphatic hydroxyl groups excluding tert-OH is 1. The van der Waals surface area contributed by atoms with Gasteiger partial charge in [0.15, 0.2) is 0 Å². The van der Waals surface area contributed by atoms with E-state index in [0.29, 0.717) is 0 Å². The van der Waals surface area contributed by atoms with E-state index in [0.717, 1.165) is 6.04 Å². The monoisotopic (exact) mass is 255 g/mol. The number of alkyl carbamates (subject to hydrolysis) is 1. The van der Waals surface area contributed by atoms with Crippen molar-refractivity contribution in [3.8, 4) is 0 Å². The fraction of sp³-hybridized carbons (Fsp3) is 0.778. The predicted octanol–water partition coefficient (Wildman–Crippen LogP) is -3.83. The van der Waals surface area contributed by atoms with Gasteiger partial charge in [-0.25, -0.2) is 4.79 Å². The average molecular weight is 255 g/mol. The number of carbonyl (C=O) groups is 2. The summed E-state index contributed by atoms with van der Waals surface area (Å²) in [6.45, 7) is 5.93. The van der Waals surface area contributed by atoms with Crippen molar-refractivity contribution in [3.05, 3.63) is 0 Å². The Morgan fingerprint density at radius 3 is 2.29 bits per heavy atom. The SMILES string of the molecule is C[Si](C)(C)CCOC(=O)N[C@@H](CO)C(=O)[O-].[Li+]. The van der Waals surface area contributed by atoms with Gasteiger partial charge in [0, 0.05) is 8.07 Å². The number of ether oxygens (including phenoxy) is 1. The molecule has 0 rings (SSSR count). The van der Waals surface area contributed by atoms with Gasteiger partial charge in [0.05, 0.1) is 25.2 Å². The van der Waals surface area contributed by atoms with Crippen LogP contribution in [0, 0.1) is 0 Å². The minimum absolute atomic E-state index is 0. The van der Waals surface area contributed by atoms with Gasteiger partial charge in [-0.15, -0.1) is 0 Å². The first-order valence-corrected chi connectivity index (χ1v) is 8.72. The normalized spacial score (nSPS) is 12.2. The van der Waals surface area contributed by atoms with Crippen LogP contribution in [0.4, 0.5) is 4.79 Å². The van der Waals surface area contributed by atoms with Crippen LogP contribution in [-0.2, 0) is 9.53 Å². The maximum atomic E-state index is 11.1. The zero-order valence-corrected chi connectivity index (χ0v) is 11.8. The van der Waals surface area contributed by atoms with Crippen LogP contribution >= 0.6 is 0 Å². The first kappa shape index (κ1) is 18.9. The van der Waals surface area contributed by atoms with E-state index in [1.807, 2.05) is 5.32 Å². The third-order valence-corrected chi connectivity index (χ3v) is 3.55. The minimum atomic E-state index is -1.54. The van der Waals surface area contributed by atoms with Crippen molar-refractivity contribution in [1.82, 2.24) is 5.32 Å².